The first-order chi connectivity index (χ1) is 19.2. The maximum Gasteiger partial charge on any atom is 0.227 e. The number of rotatable bonds is 1. The topological polar surface area (TPSA) is 52.1 Å². The van der Waals surface area contributed by atoms with Gasteiger partial charge in [0.25, 0.3) is 0 Å². The number of aromatic nitrogens is 2. The van der Waals surface area contributed by atoms with Crippen LogP contribution in [0.15, 0.2) is 149 Å². The van der Waals surface area contributed by atoms with Gasteiger partial charge in [-0.1, -0.05) is 103 Å². The van der Waals surface area contributed by atoms with Crippen molar-refractivity contribution < 1.29 is 8.83 Å². The fourth-order valence-corrected chi connectivity index (χ4v) is 4.43. The molecule has 0 fully saturated rings. The minimum absolute atomic E-state index is 0.673. The highest BCUT2D eigenvalue weighted by Crippen LogP contribution is 2.27. The van der Waals surface area contributed by atoms with Gasteiger partial charge in [0.1, 0.15) is 11.0 Å². The highest BCUT2D eigenvalue weighted by atomic mass is 16.3. The van der Waals surface area contributed by atoms with Gasteiger partial charge in [0.15, 0.2) is 17.6 Å². The average molecular weight is 507 g/mol. The van der Waals surface area contributed by atoms with Crippen LogP contribution >= 0.6 is 0 Å². The molecule has 6 aromatic carbocycles. The number of para-hydroxylation sites is 4. The SMILES string of the molecule is Cc1ccc2ccccc2c1.c1ccc2cc(-c3nc4ccccc4o3)ccc2c1.c1ccc2ocnc2c1. The predicted octanol–water partition coefficient (Wildman–Crippen LogP) is 9.62. The Morgan fingerprint density at radius 3 is 1.82 bits per heavy atom. The van der Waals surface area contributed by atoms with Gasteiger partial charge < -0.3 is 8.83 Å². The summed E-state index contributed by atoms with van der Waals surface area (Å²) in [4.78, 5) is 8.48. The number of hydrogen-bond donors (Lipinski definition) is 0. The first-order valence-corrected chi connectivity index (χ1v) is 12.8. The Hall–Kier alpha value is -5.22. The first kappa shape index (κ1) is 24.1. The summed E-state index contributed by atoms with van der Waals surface area (Å²) in [5.74, 6) is 0.673. The second-order valence-electron chi connectivity index (χ2n) is 9.22. The average Bonchev–Trinajstić information content (AvgIpc) is 3.65. The highest BCUT2D eigenvalue weighted by Gasteiger charge is 2.07. The van der Waals surface area contributed by atoms with E-state index >= 15 is 0 Å². The van der Waals surface area contributed by atoms with E-state index in [0.717, 1.165) is 27.8 Å². The van der Waals surface area contributed by atoms with Crippen molar-refractivity contribution in [2.75, 3.05) is 0 Å². The quantitative estimate of drug-likeness (QED) is 0.222. The molecule has 0 aliphatic carbocycles. The summed E-state index contributed by atoms with van der Waals surface area (Å²) >= 11 is 0. The maximum atomic E-state index is 5.79. The molecule has 4 nitrogen and oxygen atoms in total. The molecule has 0 radical (unpaired) electrons. The summed E-state index contributed by atoms with van der Waals surface area (Å²) in [5, 5.41) is 5.07. The van der Waals surface area contributed by atoms with Crippen molar-refractivity contribution in [3.8, 4) is 11.5 Å². The van der Waals surface area contributed by atoms with Crippen LogP contribution in [-0.2, 0) is 0 Å². The number of benzene rings is 6. The van der Waals surface area contributed by atoms with Crippen molar-refractivity contribution in [2.45, 2.75) is 6.92 Å². The molecule has 0 amide bonds. The second-order valence-corrected chi connectivity index (χ2v) is 9.22. The minimum atomic E-state index is 0.673. The molecule has 188 valence electrons. The van der Waals surface area contributed by atoms with Crippen LogP contribution in [0.25, 0.3) is 55.2 Å². The zero-order valence-corrected chi connectivity index (χ0v) is 21.5. The van der Waals surface area contributed by atoms with Crippen molar-refractivity contribution in [2.24, 2.45) is 0 Å². The number of aryl methyl sites for hydroxylation is 1. The lowest BCUT2D eigenvalue weighted by molar-refractivity contribution is 0.602. The smallest absolute Gasteiger partial charge is 0.227 e. The third kappa shape index (κ3) is 5.55. The number of hydrogen-bond acceptors (Lipinski definition) is 4. The Labute approximate surface area is 226 Å². The Morgan fingerprint density at radius 2 is 1.10 bits per heavy atom. The van der Waals surface area contributed by atoms with E-state index in [1.54, 1.807) is 0 Å². The summed E-state index contributed by atoms with van der Waals surface area (Å²) in [5.41, 5.74) is 5.81. The minimum Gasteiger partial charge on any atom is -0.443 e. The van der Waals surface area contributed by atoms with Gasteiger partial charge in [0.2, 0.25) is 5.89 Å². The molecule has 2 heterocycles. The summed E-state index contributed by atoms with van der Waals surface area (Å²) in [7, 11) is 0. The van der Waals surface area contributed by atoms with Crippen LogP contribution in [0.4, 0.5) is 0 Å². The van der Waals surface area contributed by atoms with Crippen LogP contribution in [-0.4, -0.2) is 9.97 Å². The molecule has 0 bridgehead atoms. The third-order valence-corrected chi connectivity index (χ3v) is 6.43. The van der Waals surface area contributed by atoms with Gasteiger partial charge in [-0.3, -0.25) is 0 Å². The van der Waals surface area contributed by atoms with Crippen LogP contribution < -0.4 is 0 Å². The van der Waals surface area contributed by atoms with Gasteiger partial charge in [0.05, 0.1) is 0 Å². The number of nitrogens with zero attached hydrogens (tertiary/aromatic N) is 2. The Balaban J connectivity index is 0.000000117. The molecule has 39 heavy (non-hydrogen) atoms. The van der Waals surface area contributed by atoms with Gasteiger partial charge >= 0.3 is 0 Å². The lowest BCUT2D eigenvalue weighted by Crippen LogP contribution is -1.78. The van der Waals surface area contributed by atoms with Crippen LogP contribution in [0.2, 0.25) is 0 Å². The Kier molecular flexibility index (Phi) is 6.83. The van der Waals surface area contributed by atoms with Gasteiger partial charge in [0, 0.05) is 5.56 Å². The molecule has 4 heteroatoms. The molecule has 0 saturated heterocycles. The van der Waals surface area contributed by atoms with Gasteiger partial charge in [-0.15, -0.1) is 0 Å². The van der Waals surface area contributed by atoms with E-state index in [1.165, 1.54) is 33.5 Å². The van der Waals surface area contributed by atoms with Crippen molar-refractivity contribution in [3.05, 3.63) is 145 Å². The van der Waals surface area contributed by atoms with E-state index < -0.39 is 0 Å². The van der Waals surface area contributed by atoms with E-state index in [2.05, 4.69) is 83.6 Å². The standard InChI is InChI=1S/C17H11NO.C11H10.C7H5NO/c1-2-6-13-11-14(10-9-12(13)5-1)17-18-15-7-3-4-8-16(15)19-17;1-9-6-7-10-4-2-3-5-11(10)8-9;1-2-4-7-6(3-1)8-5-9-7/h1-11H;2-8H,1H3;1-5H. The van der Waals surface area contributed by atoms with E-state index in [1.807, 2.05) is 66.7 Å². The van der Waals surface area contributed by atoms with E-state index in [0.29, 0.717) is 5.89 Å². The fourth-order valence-electron chi connectivity index (χ4n) is 4.43. The largest absolute Gasteiger partial charge is 0.443 e. The lowest BCUT2D eigenvalue weighted by Gasteiger charge is -1.99. The van der Waals surface area contributed by atoms with Crippen LogP contribution in [0.5, 0.6) is 0 Å². The molecule has 2 aromatic heterocycles. The molecule has 0 spiro atoms. The van der Waals surface area contributed by atoms with Gasteiger partial charge in [-0.05, 0) is 64.9 Å². The molecule has 8 rings (SSSR count). The zero-order valence-electron chi connectivity index (χ0n) is 21.5. The Morgan fingerprint density at radius 1 is 0.513 bits per heavy atom. The van der Waals surface area contributed by atoms with Crippen molar-refractivity contribution >= 4 is 43.7 Å². The Bertz CT molecular complexity index is 1940. The van der Waals surface area contributed by atoms with Gasteiger partial charge in [-0.2, -0.15) is 0 Å². The van der Waals surface area contributed by atoms with Crippen molar-refractivity contribution in [3.63, 3.8) is 0 Å². The maximum absolute atomic E-state index is 5.79. The molecule has 0 N–H and O–H groups in total. The fraction of sp³-hybridized carbons (Fsp3) is 0.0286. The zero-order chi connectivity index (χ0) is 26.4. The van der Waals surface area contributed by atoms with Crippen molar-refractivity contribution in [1.29, 1.82) is 0 Å². The van der Waals surface area contributed by atoms with Crippen LogP contribution in [0, 0.1) is 6.92 Å². The monoisotopic (exact) mass is 506 g/mol. The van der Waals surface area contributed by atoms with E-state index in [-0.39, 0.29) is 0 Å². The predicted molar refractivity (Wildman–Crippen MR) is 160 cm³/mol. The highest BCUT2D eigenvalue weighted by molar-refractivity contribution is 5.87. The first-order valence-electron chi connectivity index (χ1n) is 12.8. The summed E-state index contributed by atoms with van der Waals surface area (Å²) in [6.45, 7) is 2.12. The number of fused-ring (bicyclic) bond motifs is 4. The van der Waals surface area contributed by atoms with Crippen LogP contribution in [0.3, 0.4) is 0 Å². The van der Waals surface area contributed by atoms with Crippen LogP contribution in [0.1, 0.15) is 5.56 Å². The molecule has 0 aliphatic heterocycles. The number of oxazole rings is 2. The van der Waals surface area contributed by atoms with E-state index in [9.17, 15) is 0 Å². The lowest BCUT2D eigenvalue weighted by atomic mass is 10.1. The summed E-state index contributed by atoms with van der Waals surface area (Å²) in [6.07, 6.45) is 1.45. The summed E-state index contributed by atoms with van der Waals surface area (Å²) < 4.78 is 10.8. The molecule has 0 saturated carbocycles. The van der Waals surface area contributed by atoms with Crippen molar-refractivity contribution in [1.82, 2.24) is 9.97 Å². The molecule has 0 aliphatic rings. The molecule has 0 atom stereocenters. The third-order valence-electron chi connectivity index (χ3n) is 6.43. The second kappa shape index (κ2) is 11.0. The molecule has 8 aromatic rings. The normalized spacial score (nSPS) is 10.7. The molecule has 0 unspecified atom stereocenters. The molecular formula is C35H26N2O2. The summed E-state index contributed by atoms with van der Waals surface area (Å²) in [6, 6.07) is 44.9. The molecular weight excluding hydrogens is 480 g/mol. The van der Waals surface area contributed by atoms with E-state index in [4.69, 9.17) is 8.83 Å². The van der Waals surface area contributed by atoms with Gasteiger partial charge in [-0.25, -0.2) is 9.97 Å².